The van der Waals surface area contributed by atoms with Crippen molar-refractivity contribution in [2.45, 2.75) is 116 Å². The van der Waals surface area contributed by atoms with Gasteiger partial charge in [0.25, 0.3) is 0 Å². The molecule has 8 heteroatoms. The molecule has 0 aliphatic carbocycles. The van der Waals surface area contributed by atoms with Gasteiger partial charge in [0.15, 0.2) is 6.10 Å². The van der Waals surface area contributed by atoms with E-state index in [1.54, 1.807) is 21.1 Å². The SMILES string of the molecule is CC/C=C/C/C=C/CCCCCCCC(=O)OCC(COCCC(C(=O)[O-])[N+](C)(C)C)OC(=O)CC/C=C/C/C=C/CC. The first-order valence-corrected chi connectivity index (χ1v) is 16.2. The molecule has 0 rings (SSSR count). The number of hydrogen-bond donors (Lipinski definition) is 0. The fourth-order valence-electron chi connectivity index (χ4n) is 4.22. The van der Waals surface area contributed by atoms with E-state index in [1.807, 2.05) is 12.2 Å². The van der Waals surface area contributed by atoms with Crippen molar-refractivity contribution in [3.63, 3.8) is 0 Å². The van der Waals surface area contributed by atoms with Crippen molar-refractivity contribution < 1.29 is 38.2 Å². The van der Waals surface area contributed by atoms with E-state index in [1.165, 1.54) is 0 Å². The summed E-state index contributed by atoms with van der Waals surface area (Å²) in [7, 11) is 5.35. The molecule has 0 fully saturated rings. The number of hydrogen-bond acceptors (Lipinski definition) is 7. The summed E-state index contributed by atoms with van der Waals surface area (Å²) in [5.41, 5.74) is 0. The molecular weight excluding hydrogens is 546 g/mol. The number of quaternary nitrogens is 1. The largest absolute Gasteiger partial charge is 0.544 e. The van der Waals surface area contributed by atoms with E-state index in [0.717, 1.165) is 64.2 Å². The number of ether oxygens (including phenoxy) is 3. The van der Waals surface area contributed by atoms with Crippen molar-refractivity contribution in [3.05, 3.63) is 48.6 Å². The summed E-state index contributed by atoms with van der Waals surface area (Å²) < 4.78 is 16.8. The summed E-state index contributed by atoms with van der Waals surface area (Å²) in [5.74, 6) is -1.86. The minimum absolute atomic E-state index is 0.0108. The molecule has 0 spiro atoms. The molecule has 0 aromatic heterocycles. The number of carbonyl (C=O) groups excluding carboxylic acids is 3. The number of carbonyl (C=O) groups is 3. The number of esters is 2. The fourth-order valence-corrected chi connectivity index (χ4v) is 4.22. The quantitative estimate of drug-likeness (QED) is 0.0489. The third-order valence-electron chi connectivity index (χ3n) is 6.72. The van der Waals surface area contributed by atoms with Crippen LogP contribution in [0.1, 0.15) is 104 Å². The van der Waals surface area contributed by atoms with Crippen molar-refractivity contribution in [2.75, 3.05) is 41.0 Å². The Labute approximate surface area is 261 Å². The molecule has 0 radical (unpaired) electrons. The zero-order chi connectivity index (χ0) is 32.2. The molecule has 0 aromatic carbocycles. The summed E-state index contributed by atoms with van der Waals surface area (Å²) in [4.78, 5) is 36.3. The van der Waals surface area contributed by atoms with E-state index in [4.69, 9.17) is 14.2 Å². The molecule has 8 nitrogen and oxygen atoms in total. The van der Waals surface area contributed by atoms with Gasteiger partial charge in [0, 0.05) is 19.3 Å². The molecule has 0 saturated carbocycles. The van der Waals surface area contributed by atoms with Gasteiger partial charge in [0.1, 0.15) is 12.6 Å². The molecule has 0 aliphatic rings. The Balaban J connectivity index is 4.53. The highest BCUT2D eigenvalue weighted by molar-refractivity contribution is 5.70. The number of carboxylic acids is 1. The third-order valence-corrected chi connectivity index (χ3v) is 6.72. The zero-order valence-electron chi connectivity index (χ0n) is 27.6. The molecule has 0 heterocycles. The van der Waals surface area contributed by atoms with Crippen LogP contribution in [-0.4, -0.2) is 75.5 Å². The maximum absolute atomic E-state index is 12.4. The molecular formula is C35H59NO7. The van der Waals surface area contributed by atoms with E-state index >= 15 is 0 Å². The van der Waals surface area contributed by atoms with E-state index in [0.29, 0.717) is 12.8 Å². The first-order chi connectivity index (χ1) is 20.6. The first-order valence-electron chi connectivity index (χ1n) is 16.2. The monoisotopic (exact) mass is 605 g/mol. The van der Waals surface area contributed by atoms with Gasteiger partial charge in [-0.2, -0.15) is 0 Å². The lowest BCUT2D eigenvalue weighted by Crippen LogP contribution is -2.55. The van der Waals surface area contributed by atoms with Gasteiger partial charge in [-0.25, -0.2) is 0 Å². The number of unbranched alkanes of at least 4 members (excludes halogenated alkanes) is 5. The maximum atomic E-state index is 12.4. The lowest BCUT2D eigenvalue weighted by atomic mass is 10.1. The topological polar surface area (TPSA) is 102 Å². The minimum Gasteiger partial charge on any atom is -0.544 e. The van der Waals surface area contributed by atoms with Gasteiger partial charge in [-0.3, -0.25) is 9.59 Å². The molecule has 2 atom stereocenters. The summed E-state index contributed by atoms with van der Waals surface area (Å²) in [5, 5.41) is 11.5. The third kappa shape index (κ3) is 25.5. The molecule has 0 saturated heterocycles. The standard InChI is InChI=1S/C35H59NO7/c1-6-8-10-12-14-15-16-17-18-20-21-23-25-33(37)42-30-31(29-41-28-27-32(35(39)40)36(3,4)5)43-34(38)26-24-22-19-13-11-9-7-2/h8-11,14-15,19,22,31-32H,6-7,12-13,16-18,20-21,23-30H2,1-5H3/b10-8+,11-9+,15-14+,22-19+. The highest BCUT2D eigenvalue weighted by Gasteiger charge is 2.25. The second-order valence-electron chi connectivity index (χ2n) is 11.6. The van der Waals surface area contributed by atoms with Crippen LogP contribution in [0.2, 0.25) is 0 Å². The van der Waals surface area contributed by atoms with Crippen molar-refractivity contribution in [2.24, 2.45) is 0 Å². The van der Waals surface area contributed by atoms with Crippen LogP contribution in [0.5, 0.6) is 0 Å². The Morgan fingerprint density at radius 3 is 1.88 bits per heavy atom. The Morgan fingerprint density at radius 1 is 0.698 bits per heavy atom. The van der Waals surface area contributed by atoms with Crippen LogP contribution < -0.4 is 5.11 Å². The molecule has 0 bridgehead atoms. The Morgan fingerprint density at radius 2 is 1.28 bits per heavy atom. The van der Waals surface area contributed by atoms with Crippen molar-refractivity contribution in [1.29, 1.82) is 0 Å². The van der Waals surface area contributed by atoms with Crippen molar-refractivity contribution in [1.82, 2.24) is 0 Å². The second kappa shape index (κ2) is 26.9. The highest BCUT2D eigenvalue weighted by atomic mass is 16.6. The second-order valence-corrected chi connectivity index (χ2v) is 11.6. The van der Waals surface area contributed by atoms with Gasteiger partial charge < -0.3 is 28.6 Å². The van der Waals surface area contributed by atoms with Gasteiger partial charge in [0.05, 0.1) is 40.3 Å². The fraction of sp³-hybridized carbons (Fsp3) is 0.686. The Hall–Kier alpha value is -2.71. The van der Waals surface area contributed by atoms with Crippen LogP contribution in [0, 0.1) is 0 Å². The van der Waals surface area contributed by atoms with Crippen LogP contribution in [-0.2, 0) is 28.6 Å². The highest BCUT2D eigenvalue weighted by Crippen LogP contribution is 2.11. The molecule has 2 unspecified atom stereocenters. The lowest BCUT2D eigenvalue weighted by molar-refractivity contribution is -0.889. The molecule has 43 heavy (non-hydrogen) atoms. The normalized spacial score (nSPS) is 13.8. The predicted octanol–water partition coefficient (Wildman–Crippen LogP) is 6.01. The molecule has 0 amide bonds. The van der Waals surface area contributed by atoms with E-state index < -0.39 is 24.1 Å². The average molecular weight is 606 g/mol. The summed E-state index contributed by atoms with van der Waals surface area (Å²) >= 11 is 0. The Kier molecular flexibility index (Phi) is 25.2. The first kappa shape index (κ1) is 40.3. The maximum Gasteiger partial charge on any atom is 0.306 e. The number of rotatable bonds is 27. The van der Waals surface area contributed by atoms with Crippen LogP contribution in [0.15, 0.2) is 48.6 Å². The van der Waals surface area contributed by atoms with Crippen molar-refractivity contribution in [3.8, 4) is 0 Å². The van der Waals surface area contributed by atoms with Crippen LogP contribution in [0.3, 0.4) is 0 Å². The van der Waals surface area contributed by atoms with Gasteiger partial charge in [-0.05, 0) is 51.4 Å². The van der Waals surface area contributed by atoms with Gasteiger partial charge in [-0.15, -0.1) is 0 Å². The van der Waals surface area contributed by atoms with E-state index in [2.05, 4.69) is 50.3 Å². The number of aliphatic carboxylic acids is 1. The molecule has 0 aliphatic heterocycles. The van der Waals surface area contributed by atoms with E-state index in [9.17, 15) is 19.5 Å². The van der Waals surface area contributed by atoms with Crippen LogP contribution in [0.4, 0.5) is 0 Å². The molecule has 246 valence electrons. The average Bonchev–Trinajstić information content (AvgIpc) is 2.94. The predicted molar refractivity (Wildman–Crippen MR) is 171 cm³/mol. The summed E-state index contributed by atoms with van der Waals surface area (Å²) in [6.07, 6.45) is 27.5. The number of carboxylic acid groups (broad SMARTS) is 1. The van der Waals surface area contributed by atoms with Crippen LogP contribution >= 0.6 is 0 Å². The Bertz CT molecular complexity index is 855. The summed E-state index contributed by atoms with van der Waals surface area (Å²) in [6, 6.07) is -0.734. The minimum atomic E-state index is -1.14. The smallest absolute Gasteiger partial charge is 0.306 e. The molecule has 0 aromatic rings. The lowest BCUT2D eigenvalue weighted by Gasteiger charge is -2.34. The van der Waals surface area contributed by atoms with Gasteiger partial charge in [0.2, 0.25) is 0 Å². The number of allylic oxidation sites excluding steroid dienone is 8. The summed E-state index contributed by atoms with van der Waals surface area (Å²) in [6.45, 7) is 4.27. The number of likely N-dealkylation sites (N-methyl/N-ethyl adjacent to an activating group) is 1. The van der Waals surface area contributed by atoms with Gasteiger partial charge >= 0.3 is 11.9 Å². The van der Waals surface area contributed by atoms with Crippen LogP contribution in [0.25, 0.3) is 0 Å². The van der Waals surface area contributed by atoms with Gasteiger partial charge in [-0.1, -0.05) is 81.7 Å². The number of nitrogens with zero attached hydrogens (tertiary/aromatic N) is 1. The molecule has 0 N–H and O–H groups in total. The van der Waals surface area contributed by atoms with E-state index in [-0.39, 0.29) is 43.1 Å². The zero-order valence-corrected chi connectivity index (χ0v) is 27.6. The van der Waals surface area contributed by atoms with Crippen molar-refractivity contribution >= 4 is 17.9 Å².